The Labute approximate surface area is 158 Å². The third-order valence-electron chi connectivity index (χ3n) is 3.61. The Morgan fingerprint density at radius 1 is 0.808 bits per heavy atom. The van der Waals surface area contributed by atoms with Gasteiger partial charge in [-0.15, -0.1) is 0 Å². The molecule has 0 aliphatic heterocycles. The standard InChI is InChI=1S/C20H19BClNO3/c22-17-10-12-18(13-11-17)25-21(24-15-14-23)26-20-9-5-4-8-19(20)16-6-2-1-3-7-16/h1-13H,14-15,23H2. The highest BCUT2D eigenvalue weighted by Gasteiger charge is 2.28. The van der Waals surface area contributed by atoms with Crippen molar-refractivity contribution < 1.29 is 14.0 Å². The van der Waals surface area contributed by atoms with E-state index in [1.807, 2.05) is 54.6 Å². The van der Waals surface area contributed by atoms with Crippen molar-refractivity contribution in [3.63, 3.8) is 0 Å². The van der Waals surface area contributed by atoms with Gasteiger partial charge in [0.25, 0.3) is 0 Å². The lowest BCUT2D eigenvalue weighted by Crippen LogP contribution is -2.35. The maximum atomic E-state index is 6.00. The van der Waals surface area contributed by atoms with E-state index < -0.39 is 7.32 Å². The predicted octanol–water partition coefficient (Wildman–Crippen LogP) is 4.43. The molecule has 0 saturated carbocycles. The van der Waals surface area contributed by atoms with Gasteiger partial charge in [-0.2, -0.15) is 0 Å². The Morgan fingerprint density at radius 2 is 1.50 bits per heavy atom. The molecule has 0 radical (unpaired) electrons. The number of para-hydroxylation sites is 1. The first-order valence-corrected chi connectivity index (χ1v) is 8.69. The molecular formula is C20H19BClNO3. The number of hydrogen-bond donors (Lipinski definition) is 1. The van der Waals surface area contributed by atoms with E-state index in [0.29, 0.717) is 29.7 Å². The number of hydrogen-bond acceptors (Lipinski definition) is 4. The van der Waals surface area contributed by atoms with Gasteiger partial charge in [0.1, 0.15) is 11.5 Å². The van der Waals surface area contributed by atoms with Crippen molar-refractivity contribution in [1.82, 2.24) is 0 Å². The van der Waals surface area contributed by atoms with Gasteiger partial charge in [-0.05, 0) is 35.9 Å². The molecule has 3 aromatic rings. The average molecular weight is 368 g/mol. The lowest BCUT2D eigenvalue weighted by molar-refractivity contribution is 0.207. The minimum absolute atomic E-state index is 0.311. The molecule has 0 bridgehead atoms. The van der Waals surface area contributed by atoms with E-state index in [0.717, 1.165) is 11.1 Å². The summed E-state index contributed by atoms with van der Waals surface area (Å²) in [6.45, 7) is 0.677. The number of rotatable bonds is 8. The summed E-state index contributed by atoms with van der Waals surface area (Å²) in [6.07, 6.45) is 0. The molecule has 0 unspecified atom stereocenters. The van der Waals surface area contributed by atoms with Crippen molar-refractivity contribution in [2.75, 3.05) is 13.2 Å². The molecule has 0 spiro atoms. The van der Waals surface area contributed by atoms with Crippen LogP contribution in [0.3, 0.4) is 0 Å². The van der Waals surface area contributed by atoms with Gasteiger partial charge in [-0.1, -0.05) is 60.1 Å². The second kappa shape index (κ2) is 9.29. The van der Waals surface area contributed by atoms with Gasteiger partial charge in [0, 0.05) is 23.7 Å². The predicted molar refractivity (Wildman–Crippen MR) is 105 cm³/mol. The quantitative estimate of drug-likeness (QED) is 0.599. The van der Waals surface area contributed by atoms with Crippen LogP contribution in [0.1, 0.15) is 0 Å². The zero-order valence-corrected chi connectivity index (χ0v) is 14.9. The van der Waals surface area contributed by atoms with Crippen molar-refractivity contribution in [3.8, 4) is 22.6 Å². The largest absolute Gasteiger partial charge is 0.788 e. The zero-order valence-electron chi connectivity index (χ0n) is 14.2. The second-order valence-electron chi connectivity index (χ2n) is 5.50. The van der Waals surface area contributed by atoms with Crippen LogP contribution in [0.25, 0.3) is 11.1 Å². The molecule has 4 nitrogen and oxygen atoms in total. The van der Waals surface area contributed by atoms with Gasteiger partial charge < -0.3 is 19.7 Å². The minimum Gasteiger partial charge on any atom is -0.501 e. The summed E-state index contributed by atoms with van der Waals surface area (Å²) >= 11 is 5.92. The van der Waals surface area contributed by atoms with Crippen LogP contribution in [0.15, 0.2) is 78.9 Å². The molecule has 6 heteroatoms. The van der Waals surface area contributed by atoms with E-state index in [4.69, 9.17) is 31.3 Å². The Kier molecular flexibility index (Phi) is 6.55. The first kappa shape index (κ1) is 18.3. The highest BCUT2D eigenvalue weighted by molar-refractivity contribution is 6.38. The fraction of sp³-hybridized carbons (Fsp3) is 0.100. The van der Waals surface area contributed by atoms with Gasteiger partial charge in [0.05, 0.1) is 0 Å². The molecule has 0 atom stereocenters. The van der Waals surface area contributed by atoms with Gasteiger partial charge in [0.15, 0.2) is 0 Å². The monoisotopic (exact) mass is 367 g/mol. The Bertz CT molecular complexity index is 815. The molecular weight excluding hydrogens is 348 g/mol. The summed E-state index contributed by atoms with van der Waals surface area (Å²) in [6, 6.07) is 24.7. The summed E-state index contributed by atoms with van der Waals surface area (Å²) < 4.78 is 17.4. The molecule has 0 amide bonds. The van der Waals surface area contributed by atoms with Gasteiger partial charge >= 0.3 is 7.32 Å². The van der Waals surface area contributed by atoms with E-state index in [-0.39, 0.29) is 0 Å². The van der Waals surface area contributed by atoms with E-state index in [1.54, 1.807) is 24.3 Å². The van der Waals surface area contributed by atoms with Gasteiger partial charge in [-0.25, -0.2) is 0 Å². The summed E-state index contributed by atoms with van der Waals surface area (Å²) in [5.74, 6) is 1.25. The first-order chi connectivity index (χ1) is 12.8. The molecule has 3 aromatic carbocycles. The molecule has 2 N–H and O–H groups in total. The van der Waals surface area contributed by atoms with Crippen LogP contribution >= 0.6 is 11.6 Å². The van der Waals surface area contributed by atoms with Crippen molar-refractivity contribution in [3.05, 3.63) is 83.9 Å². The molecule has 3 rings (SSSR count). The number of halogens is 1. The highest BCUT2D eigenvalue weighted by Crippen LogP contribution is 2.30. The molecule has 0 fully saturated rings. The maximum absolute atomic E-state index is 6.00. The zero-order chi connectivity index (χ0) is 18.2. The van der Waals surface area contributed by atoms with Crippen LogP contribution in [-0.4, -0.2) is 20.5 Å². The van der Waals surface area contributed by atoms with Crippen molar-refractivity contribution >= 4 is 18.9 Å². The lowest BCUT2D eigenvalue weighted by atomic mass is 10.0. The third-order valence-corrected chi connectivity index (χ3v) is 3.86. The van der Waals surface area contributed by atoms with E-state index >= 15 is 0 Å². The topological polar surface area (TPSA) is 53.7 Å². The van der Waals surface area contributed by atoms with Gasteiger partial charge in [-0.3, -0.25) is 0 Å². The molecule has 0 saturated heterocycles. The molecule has 0 aliphatic carbocycles. The third kappa shape index (κ3) is 5.02. The molecule has 0 aliphatic rings. The van der Waals surface area contributed by atoms with E-state index in [1.165, 1.54) is 0 Å². The maximum Gasteiger partial charge on any atom is 0.788 e. The van der Waals surface area contributed by atoms with Crippen LogP contribution in [0, 0.1) is 0 Å². The molecule has 0 heterocycles. The smallest absolute Gasteiger partial charge is 0.501 e. The highest BCUT2D eigenvalue weighted by atomic mass is 35.5. The molecule has 132 valence electrons. The minimum atomic E-state index is -0.926. The first-order valence-electron chi connectivity index (χ1n) is 8.31. The average Bonchev–Trinajstić information content (AvgIpc) is 2.69. The normalized spacial score (nSPS) is 10.4. The SMILES string of the molecule is NCCOB(Oc1ccc(Cl)cc1)Oc1ccccc1-c1ccccc1. The van der Waals surface area contributed by atoms with E-state index in [2.05, 4.69) is 0 Å². The van der Waals surface area contributed by atoms with E-state index in [9.17, 15) is 0 Å². The van der Waals surface area contributed by atoms with Crippen LogP contribution in [0.5, 0.6) is 11.5 Å². The Morgan fingerprint density at radius 3 is 2.23 bits per heavy atom. The summed E-state index contributed by atoms with van der Waals surface area (Å²) in [5, 5.41) is 0.632. The lowest BCUT2D eigenvalue weighted by Gasteiger charge is -2.18. The Hall–Kier alpha value is -2.47. The summed E-state index contributed by atoms with van der Waals surface area (Å²) in [7, 11) is -0.926. The van der Waals surface area contributed by atoms with Crippen molar-refractivity contribution in [1.29, 1.82) is 0 Å². The van der Waals surface area contributed by atoms with Crippen LogP contribution in [-0.2, 0) is 4.65 Å². The van der Waals surface area contributed by atoms with Crippen molar-refractivity contribution in [2.24, 2.45) is 5.73 Å². The van der Waals surface area contributed by atoms with Crippen molar-refractivity contribution in [2.45, 2.75) is 0 Å². The van der Waals surface area contributed by atoms with Gasteiger partial charge in [0.2, 0.25) is 0 Å². The Balaban J connectivity index is 1.81. The molecule has 26 heavy (non-hydrogen) atoms. The summed E-state index contributed by atoms with van der Waals surface area (Å²) in [5.41, 5.74) is 7.55. The van der Waals surface area contributed by atoms with Crippen LogP contribution in [0.2, 0.25) is 5.02 Å². The second-order valence-corrected chi connectivity index (χ2v) is 5.94. The van der Waals surface area contributed by atoms with Crippen LogP contribution in [0.4, 0.5) is 0 Å². The molecule has 0 aromatic heterocycles. The van der Waals surface area contributed by atoms with Crippen LogP contribution < -0.4 is 15.0 Å². The fourth-order valence-electron chi connectivity index (χ4n) is 2.41. The number of nitrogens with two attached hydrogens (primary N) is 1. The summed E-state index contributed by atoms with van der Waals surface area (Å²) in [4.78, 5) is 0. The number of benzene rings is 3. The fourth-order valence-corrected chi connectivity index (χ4v) is 2.54.